The van der Waals surface area contributed by atoms with Crippen molar-refractivity contribution in [1.82, 2.24) is 4.90 Å². The average Bonchev–Trinajstić information content (AvgIpc) is 3.15. The van der Waals surface area contributed by atoms with Crippen molar-refractivity contribution in [3.63, 3.8) is 0 Å². The number of hydrogen-bond donors (Lipinski definition) is 0. The lowest BCUT2D eigenvalue weighted by Crippen LogP contribution is -2.50. The Kier molecular flexibility index (Phi) is 5.59. The van der Waals surface area contributed by atoms with Gasteiger partial charge in [-0.3, -0.25) is 19.7 Å². The summed E-state index contributed by atoms with van der Waals surface area (Å²) >= 11 is 5.90. The van der Waals surface area contributed by atoms with E-state index < -0.39 is 4.92 Å². The predicted octanol–water partition coefficient (Wildman–Crippen LogP) is 2.95. The summed E-state index contributed by atoms with van der Waals surface area (Å²) in [5, 5.41) is 11.7. The van der Waals surface area contributed by atoms with E-state index in [2.05, 4.69) is 0 Å². The van der Waals surface area contributed by atoms with Crippen molar-refractivity contribution in [2.75, 3.05) is 42.5 Å². The number of benzene rings is 2. The van der Waals surface area contributed by atoms with Gasteiger partial charge in [-0.2, -0.15) is 0 Å². The number of carbonyl (C=O) groups excluding carboxylic acids is 2. The van der Waals surface area contributed by atoms with Gasteiger partial charge in [0.2, 0.25) is 11.8 Å². The monoisotopic (exact) mass is 428 g/mol. The zero-order valence-electron chi connectivity index (χ0n) is 16.2. The van der Waals surface area contributed by atoms with Gasteiger partial charge in [-0.25, -0.2) is 0 Å². The van der Waals surface area contributed by atoms with Crippen LogP contribution >= 0.6 is 11.6 Å². The third-order valence-corrected chi connectivity index (χ3v) is 5.84. The summed E-state index contributed by atoms with van der Waals surface area (Å²) in [6.07, 6.45) is 0.205. The first-order valence-corrected chi connectivity index (χ1v) is 10.1. The second-order valence-corrected chi connectivity index (χ2v) is 7.88. The van der Waals surface area contributed by atoms with Crippen LogP contribution in [0.4, 0.5) is 17.1 Å². The molecule has 1 atom stereocenters. The lowest BCUT2D eigenvalue weighted by molar-refractivity contribution is -0.384. The number of nitrogens with zero attached hydrogens (tertiary/aromatic N) is 4. The summed E-state index contributed by atoms with van der Waals surface area (Å²) in [7, 11) is 0. The number of nitro benzene ring substituents is 1. The van der Waals surface area contributed by atoms with Gasteiger partial charge >= 0.3 is 0 Å². The number of amides is 2. The van der Waals surface area contributed by atoms with Crippen molar-refractivity contribution in [1.29, 1.82) is 0 Å². The number of rotatable bonds is 4. The maximum atomic E-state index is 13.0. The summed E-state index contributed by atoms with van der Waals surface area (Å²) in [6.45, 7) is 2.25. The summed E-state index contributed by atoms with van der Waals surface area (Å²) in [4.78, 5) is 41.6. The molecule has 156 valence electrons. The molecule has 0 radical (unpaired) electrons. The Labute approximate surface area is 178 Å². The van der Waals surface area contributed by atoms with Gasteiger partial charge in [0.1, 0.15) is 5.69 Å². The van der Waals surface area contributed by atoms with Crippen LogP contribution in [-0.2, 0) is 9.59 Å². The first-order chi connectivity index (χ1) is 14.4. The van der Waals surface area contributed by atoms with Gasteiger partial charge < -0.3 is 14.7 Å². The van der Waals surface area contributed by atoms with Gasteiger partial charge in [0.15, 0.2) is 0 Å². The quantitative estimate of drug-likeness (QED) is 0.552. The van der Waals surface area contributed by atoms with E-state index in [1.54, 1.807) is 21.9 Å². The Morgan fingerprint density at radius 2 is 1.77 bits per heavy atom. The van der Waals surface area contributed by atoms with Gasteiger partial charge in [-0.1, -0.05) is 29.8 Å². The van der Waals surface area contributed by atoms with E-state index in [-0.39, 0.29) is 29.8 Å². The maximum absolute atomic E-state index is 13.0. The van der Waals surface area contributed by atoms with E-state index in [0.717, 1.165) is 5.69 Å². The van der Waals surface area contributed by atoms with Crippen LogP contribution in [0.3, 0.4) is 0 Å². The van der Waals surface area contributed by atoms with Gasteiger partial charge in [0.05, 0.1) is 10.8 Å². The minimum absolute atomic E-state index is 0.0352. The van der Waals surface area contributed by atoms with E-state index >= 15 is 0 Å². The van der Waals surface area contributed by atoms with Gasteiger partial charge in [0, 0.05) is 55.9 Å². The minimum atomic E-state index is -0.443. The lowest BCUT2D eigenvalue weighted by atomic mass is 10.1. The molecule has 2 saturated heterocycles. The Hall–Kier alpha value is -3.13. The van der Waals surface area contributed by atoms with E-state index in [9.17, 15) is 19.7 Å². The van der Waals surface area contributed by atoms with Crippen LogP contribution in [0.2, 0.25) is 5.02 Å². The van der Waals surface area contributed by atoms with Gasteiger partial charge in [0.25, 0.3) is 5.69 Å². The smallest absolute Gasteiger partial charge is 0.294 e. The van der Waals surface area contributed by atoms with Crippen molar-refractivity contribution in [3.8, 4) is 0 Å². The molecule has 0 aliphatic carbocycles. The molecule has 2 amide bonds. The van der Waals surface area contributed by atoms with Crippen LogP contribution in [-0.4, -0.2) is 54.4 Å². The Morgan fingerprint density at radius 3 is 2.43 bits per heavy atom. The van der Waals surface area contributed by atoms with Crippen molar-refractivity contribution >= 4 is 40.5 Å². The molecule has 0 spiro atoms. The Bertz CT molecular complexity index is 976. The summed E-state index contributed by atoms with van der Waals surface area (Å²) < 4.78 is 0. The summed E-state index contributed by atoms with van der Waals surface area (Å²) in [5.41, 5.74) is 1.27. The fourth-order valence-corrected chi connectivity index (χ4v) is 4.23. The molecule has 2 aromatic carbocycles. The molecule has 0 saturated carbocycles. The predicted molar refractivity (Wildman–Crippen MR) is 114 cm³/mol. The Morgan fingerprint density at radius 1 is 1.07 bits per heavy atom. The number of halogens is 1. The molecule has 0 aromatic heterocycles. The lowest BCUT2D eigenvalue weighted by Gasteiger charge is -2.36. The standard InChI is InChI=1S/C21H21ClN4O4/c22-16-6-7-18(19(13-16)26(29)30)23-8-10-24(11-9-23)21(28)15-12-20(27)25(14-15)17-4-2-1-3-5-17/h1-7,13,15H,8-12,14H2/t15-/m1/s1. The second-order valence-electron chi connectivity index (χ2n) is 7.44. The van der Waals surface area contributed by atoms with E-state index in [0.29, 0.717) is 43.4 Å². The topological polar surface area (TPSA) is 87.0 Å². The first kappa shape index (κ1) is 20.2. The number of para-hydroxylation sites is 1. The molecule has 0 N–H and O–H groups in total. The number of piperazine rings is 1. The van der Waals surface area contributed by atoms with Crippen LogP contribution in [0, 0.1) is 16.0 Å². The second kappa shape index (κ2) is 8.31. The normalized spacial score (nSPS) is 19.3. The van der Waals surface area contributed by atoms with Crippen molar-refractivity contribution in [2.24, 2.45) is 5.92 Å². The van der Waals surface area contributed by atoms with Crippen LogP contribution in [0.5, 0.6) is 0 Å². The SMILES string of the molecule is O=C([C@@H]1CC(=O)N(c2ccccc2)C1)N1CCN(c2ccc(Cl)cc2[N+](=O)[O-])CC1. The molecule has 2 heterocycles. The molecule has 8 nitrogen and oxygen atoms in total. The number of nitro groups is 1. The molecule has 2 aliphatic heterocycles. The molecular formula is C21H21ClN4O4. The molecule has 9 heteroatoms. The highest BCUT2D eigenvalue weighted by Gasteiger charge is 2.38. The molecule has 0 bridgehead atoms. The van der Waals surface area contributed by atoms with Crippen LogP contribution in [0.1, 0.15) is 6.42 Å². The molecule has 4 rings (SSSR count). The number of hydrogen-bond acceptors (Lipinski definition) is 5. The largest absolute Gasteiger partial charge is 0.362 e. The molecule has 2 fully saturated rings. The van der Waals surface area contributed by atoms with Crippen LogP contribution < -0.4 is 9.80 Å². The van der Waals surface area contributed by atoms with Crippen molar-refractivity contribution in [2.45, 2.75) is 6.42 Å². The number of carbonyl (C=O) groups is 2. The number of anilines is 2. The van der Waals surface area contributed by atoms with Gasteiger partial charge in [-0.15, -0.1) is 0 Å². The van der Waals surface area contributed by atoms with E-state index in [1.807, 2.05) is 35.2 Å². The molecule has 2 aromatic rings. The van der Waals surface area contributed by atoms with E-state index in [1.165, 1.54) is 6.07 Å². The van der Waals surface area contributed by atoms with Crippen LogP contribution in [0.25, 0.3) is 0 Å². The third-order valence-electron chi connectivity index (χ3n) is 5.61. The fourth-order valence-electron chi connectivity index (χ4n) is 4.07. The van der Waals surface area contributed by atoms with Gasteiger partial charge in [-0.05, 0) is 24.3 Å². The highest BCUT2D eigenvalue weighted by atomic mass is 35.5. The highest BCUT2D eigenvalue weighted by Crippen LogP contribution is 2.32. The third kappa shape index (κ3) is 3.95. The Balaban J connectivity index is 1.40. The summed E-state index contributed by atoms with van der Waals surface area (Å²) in [6, 6.07) is 14.0. The fraction of sp³-hybridized carbons (Fsp3) is 0.333. The highest BCUT2D eigenvalue weighted by molar-refractivity contribution is 6.30. The van der Waals surface area contributed by atoms with E-state index in [4.69, 9.17) is 11.6 Å². The van der Waals surface area contributed by atoms with Crippen LogP contribution in [0.15, 0.2) is 48.5 Å². The van der Waals surface area contributed by atoms with Crippen molar-refractivity contribution in [3.05, 3.63) is 63.7 Å². The molecule has 30 heavy (non-hydrogen) atoms. The zero-order chi connectivity index (χ0) is 21.3. The molecule has 0 unspecified atom stereocenters. The first-order valence-electron chi connectivity index (χ1n) is 9.77. The molecule has 2 aliphatic rings. The summed E-state index contributed by atoms with van der Waals surface area (Å²) in [5.74, 6) is -0.448. The average molecular weight is 429 g/mol. The maximum Gasteiger partial charge on any atom is 0.294 e. The zero-order valence-corrected chi connectivity index (χ0v) is 17.0. The van der Waals surface area contributed by atoms with Crippen molar-refractivity contribution < 1.29 is 14.5 Å². The molecular weight excluding hydrogens is 408 g/mol. The minimum Gasteiger partial charge on any atom is -0.362 e.